The van der Waals surface area contributed by atoms with Crippen molar-refractivity contribution in [3.63, 3.8) is 0 Å². The lowest BCUT2D eigenvalue weighted by Crippen LogP contribution is -2.51. The van der Waals surface area contributed by atoms with Crippen LogP contribution in [0.15, 0.2) is 90.0 Å². The Morgan fingerprint density at radius 2 is 1.54 bits per heavy atom. The predicted molar refractivity (Wildman–Crippen MR) is 148 cm³/mol. The molecule has 3 aromatic carbocycles. The van der Waals surface area contributed by atoms with Gasteiger partial charge in [0.25, 0.3) is 5.91 Å². The summed E-state index contributed by atoms with van der Waals surface area (Å²) >= 11 is 0. The van der Waals surface area contributed by atoms with Crippen LogP contribution in [0.4, 0.5) is 16.2 Å². The Hall–Kier alpha value is -4.75. The normalized spacial score (nSPS) is 13.6. The number of para-hydroxylation sites is 1. The first-order chi connectivity index (χ1) is 18.8. The van der Waals surface area contributed by atoms with Gasteiger partial charge >= 0.3 is 6.03 Å². The van der Waals surface area contributed by atoms with Gasteiger partial charge in [0, 0.05) is 49.0 Å². The first kappa shape index (κ1) is 25.9. The zero-order chi connectivity index (χ0) is 27.4. The van der Waals surface area contributed by atoms with Crippen LogP contribution in [0.2, 0.25) is 0 Å². The van der Waals surface area contributed by atoms with Crippen LogP contribution in [-0.4, -0.2) is 61.3 Å². The molecule has 0 bridgehead atoms. The number of hydrogen-bond acceptors (Lipinski definition) is 5. The van der Waals surface area contributed by atoms with E-state index in [-0.39, 0.29) is 22.6 Å². The Morgan fingerprint density at radius 1 is 0.872 bits per heavy atom. The van der Waals surface area contributed by atoms with E-state index in [4.69, 9.17) is 6.57 Å². The fraction of sp³-hybridized carbons (Fsp3) is 0.172. The second kappa shape index (κ2) is 10.9. The molecule has 10 heteroatoms. The highest BCUT2D eigenvalue weighted by atomic mass is 32.2. The van der Waals surface area contributed by atoms with Crippen molar-refractivity contribution in [1.29, 1.82) is 0 Å². The van der Waals surface area contributed by atoms with Crippen molar-refractivity contribution >= 4 is 44.1 Å². The van der Waals surface area contributed by atoms with E-state index in [1.165, 1.54) is 0 Å². The van der Waals surface area contributed by atoms with Crippen LogP contribution in [0.1, 0.15) is 15.9 Å². The summed E-state index contributed by atoms with van der Waals surface area (Å²) in [6.45, 7) is 8.53. The molecule has 0 radical (unpaired) electrons. The largest absolute Gasteiger partial charge is 0.335 e. The number of nitrogens with one attached hydrogen (secondary N) is 1. The lowest BCUT2D eigenvalue weighted by atomic mass is 10.1. The molecule has 39 heavy (non-hydrogen) atoms. The molecule has 1 aliphatic rings. The van der Waals surface area contributed by atoms with Crippen molar-refractivity contribution in [1.82, 2.24) is 14.8 Å². The molecule has 0 unspecified atom stereocenters. The van der Waals surface area contributed by atoms with Crippen molar-refractivity contribution in [3.8, 4) is 0 Å². The molecule has 1 saturated heterocycles. The quantitative estimate of drug-likeness (QED) is 0.369. The summed E-state index contributed by atoms with van der Waals surface area (Å²) in [6, 6.07) is 21.7. The van der Waals surface area contributed by atoms with E-state index in [9.17, 15) is 18.0 Å². The molecule has 1 N–H and O–H groups in total. The number of aromatic nitrogens is 1. The topological polar surface area (TPSA) is 104 Å². The van der Waals surface area contributed by atoms with Crippen LogP contribution in [0.25, 0.3) is 15.7 Å². The fourth-order valence-corrected chi connectivity index (χ4v) is 6.02. The number of benzene rings is 3. The second-order valence-corrected chi connectivity index (χ2v) is 11.1. The number of urea groups is 1. The number of hydrogen-bond donors (Lipinski definition) is 1. The van der Waals surface area contributed by atoms with Gasteiger partial charge in [-0.1, -0.05) is 42.5 Å². The highest BCUT2D eigenvalue weighted by Gasteiger charge is 2.25. The van der Waals surface area contributed by atoms with Gasteiger partial charge in [0.05, 0.1) is 22.7 Å². The van der Waals surface area contributed by atoms with E-state index in [2.05, 4.69) is 15.1 Å². The van der Waals surface area contributed by atoms with E-state index in [0.29, 0.717) is 54.2 Å². The molecular formula is C29H25N5O4S. The molecule has 0 atom stereocenters. The zero-order valence-corrected chi connectivity index (χ0v) is 21.8. The van der Waals surface area contributed by atoms with Gasteiger partial charge in [-0.15, -0.1) is 0 Å². The summed E-state index contributed by atoms with van der Waals surface area (Å²) in [4.78, 5) is 36.7. The third kappa shape index (κ3) is 5.73. The van der Waals surface area contributed by atoms with E-state index < -0.39 is 9.84 Å². The van der Waals surface area contributed by atoms with Crippen molar-refractivity contribution < 1.29 is 18.0 Å². The fourth-order valence-electron chi connectivity index (χ4n) is 4.48. The summed E-state index contributed by atoms with van der Waals surface area (Å²) in [5.74, 6) is -0.372. The number of amides is 3. The third-order valence-corrected chi connectivity index (χ3v) is 8.30. The Labute approximate surface area is 226 Å². The number of anilines is 1. The smallest absolute Gasteiger partial charge is 0.321 e. The summed E-state index contributed by atoms with van der Waals surface area (Å²) in [5, 5.41) is 3.57. The molecule has 1 aliphatic heterocycles. The van der Waals surface area contributed by atoms with Gasteiger partial charge < -0.3 is 15.1 Å². The average molecular weight is 540 g/mol. The minimum Gasteiger partial charge on any atom is -0.335 e. The van der Waals surface area contributed by atoms with Gasteiger partial charge in [-0.25, -0.2) is 18.1 Å². The molecule has 0 spiro atoms. The SMILES string of the molecule is [C-]#[N+]c1ccc(NC(=O)N2CCN(C(=O)c3ccc(CS(=O)(=O)c4cccc5cccnc45)cc3)CC2)cc1. The maximum atomic E-state index is 13.1. The van der Waals surface area contributed by atoms with Crippen molar-refractivity contribution in [2.75, 3.05) is 31.5 Å². The lowest BCUT2D eigenvalue weighted by Gasteiger charge is -2.34. The molecule has 9 nitrogen and oxygen atoms in total. The lowest BCUT2D eigenvalue weighted by molar-refractivity contribution is 0.0671. The van der Waals surface area contributed by atoms with Gasteiger partial charge in [0.1, 0.15) is 0 Å². The van der Waals surface area contributed by atoms with Gasteiger partial charge in [-0.2, -0.15) is 0 Å². The van der Waals surface area contributed by atoms with Crippen molar-refractivity contribution in [2.24, 2.45) is 0 Å². The molecule has 0 aliphatic carbocycles. The molecule has 4 aromatic rings. The molecule has 3 amide bonds. The number of pyridine rings is 1. The van der Waals surface area contributed by atoms with Crippen LogP contribution in [0.5, 0.6) is 0 Å². The summed E-state index contributed by atoms with van der Waals surface area (Å²) < 4.78 is 26.3. The van der Waals surface area contributed by atoms with Crippen LogP contribution in [0.3, 0.4) is 0 Å². The molecule has 196 valence electrons. The van der Waals surface area contributed by atoms with E-state index in [0.717, 1.165) is 5.39 Å². The number of sulfone groups is 1. The van der Waals surface area contributed by atoms with E-state index in [1.54, 1.807) is 82.7 Å². The number of carbonyl (C=O) groups excluding carboxylic acids is 2. The Balaban J connectivity index is 1.18. The number of fused-ring (bicyclic) bond motifs is 1. The van der Waals surface area contributed by atoms with Gasteiger partial charge in [0.2, 0.25) is 0 Å². The monoisotopic (exact) mass is 539 g/mol. The van der Waals surface area contributed by atoms with Crippen LogP contribution < -0.4 is 5.32 Å². The minimum absolute atomic E-state index is 0.169. The highest BCUT2D eigenvalue weighted by molar-refractivity contribution is 7.90. The summed E-state index contributed by atoms with van der Waals surface area (Å²) in [5.41, 5.74) is 2.57. The number of carbonyl (C=O) groups is 2. The minimum atomic E-state index is -3.65. The van der Waals surface area contributed by atoms with Crippen LogP contribution in [-0.2, 0) is 15.6 Å². The number of piperazine rings is 1. The second-order valence-electron chi connectivity index (χ2n) is 9.16. The molecule has 1 fully saturated rings. The molecule has 1 aromatic heterocycles. The maximum Gasteiger partial charge on any atom is 0.321 e. The van der Waals surface area contributed by atoms with E-state index >= 15 is 0 Å². The van der Waals surface area contributed by atoms with Crippen molar-refractivity contribution in [3.05, 3.63) is 108 Å². The predicted octanol–water partition coefficient (Wildman–Crippen LogP) is 4.75. The maximum absolute atomic E-state index is 13.1. The average Bonchev–Trinajstić information content (AvgIpc) is 2.97. The third-order valence-electron chi connectivity index (χ3n) is 6.59. The molecule has 0 saturated carbocycles. The molecule has 5 rings (SSSR count). The summed E-state index contributed by atoms with van der Waals surface area (Å²) in [7, 11) is -3.65. The van der Waals surface area contributed by atoms with Crippen LogP contribution in [0, 0.1) is 6.57 Å². The zero-order valence-electron chi connectivity index (χ0n) is 20.9. The first-order valence-corrected chi connectivity index (χ1v) is 14.0. The number of rotatable bonds is 5. The standard InChI is InChI=1S/C29H25N5O4S/c1-30-24-11-13-25(14-12-24)32-29(36)34-18-16-33(17-19-34)28(35)23-9-7-21(8-10-23)20-39(37,38)26-6-2-4-22-5-3-15-31-27(22)26/h2-15H,16-20H2,(H,32,36). The number of nitrogens with zero attached hydrogens (tertiary/aromatic N) is 4. The van der Waals surface area contributed by atoms with Crippen LogP contribution >= 0.6 is 0 Å². The Kier molecular flexibility index (Phi) is 7.25. The van der Waals surface area contributed by atoms with Gasteiger partial charge in [0.15, 0.2) is 15.5 Å². The van der Waals surface area contributed by atoms with Gasteiger partial charge in [-0.3, -0.25) is 9.78 Å². The molecular weight excluding hydrogens is 514 g/mol. The Morgan fingerprint density at radius 3 is 2.23 bits per heavy atom. The summed E-state index contributed by atoms with van der Waals surface area (Å²) in [6.07, 6.45) is 1.57. The molecule has 2 heterocycles. The van der Waals surface area contributed by atoms with Crippen molar-refractivity contribution in [2.45, 2.75) is 10.6 Å². The van der Waals surface area contributed by atoms with E-state index in [1.807, 2.05) is 12.1 Å². The first-order valence-electron chi connectivity index (χ1n) is 12.3. The highest BCUT2D eigenvalue weighted by Crippen LogP contribution is 2.24. The van der Waals surface area contributed by atoms with Gasteiger partial charge in [-0.05, 0) is 42.0 Å². The Bertz CT molecular complexity index is 1670.